The van der Waals surface area contributed by atoms with E-state index in [1.807, 2.05) is 0 Å². The van der Waals surface area contributed by atoms with E-state index in [1.54, 1.807) is 24.3 Å². The molecule has 0 saturated carbocycles. The minimum Gasteiger partial charge on any atom is -0.480 e. The Morgan fingerprint density at radius 2 is 1.93 bits per heavy atom. The Hall–Kier alpha value is -3.69. The number of ether oxygens (including phenoxy) is 1. The van der Waals surface area contributed by atoms with Crippen LogP contribution in [0.2, 0.25) is 0 Å². The molecule has 0 fully saturated rings. The number of rotatable bonds is 4. The first-order valence-corrected chi connectivity index (χ1v) is 8.48. The van der Waals surface area contributed by atoms with Crippen molar-refractivity contribution in [2.75, 3.05) is 7.11 Å². The van der Waals surface area contributed by atoms with Crippen LogP contribution in [0, 0.1) is 0 Å². The maximum atomic E-state index is 13.0. The minimum atomic E-state index is -4.45. The molecule has 0 bridgehead atoms. The number of hydrogen-bond donors (Lipinski definition) is 1. The molecule has 148 valence electrons. The molecule has 0 aliphatic rings. The number of nitrogens with zero attached hydrogens (tertiary/aromatic N) is 4. The summed E-state index contributed by atoms with van der Waals surface area (Å²) in [5.74, 6) is 0.341. The zero-order valence-electron chi connectivity index (χ0n) is 15.1. The summed E-state index contributed by atoms with van der Waals surface area (Å²) >= 11 is 0. The number of aromatic amines is 1. The number of aromatic nitrogens is 5. The van der Waals surface area contributed by atoms with E-state index in [2.05, 4.69) is 20.2 Å². The van der Waals surface area contributed by atoms with E-state index in [0.29, 0.717) is 33.9 Å². The Balaban J connectivity index is 1.76. The summed E-state index contributed by atoms with van der Waals surface area (Å²) < 4.78 is 45.4. The van der Waals surface area contributed by atoms with Gasteiger partial charge in [-0.25, -0.2) is 9.78 Å². The van der Waals surface area contributed by atoms with Crippen LogP contribution in [0.3, 0.4) is 0 Å². The number of fused-ring (bicyclic) bond motifs is 1. The molecule has 0 aliphatic carbocycles. The Labute approximate surface area is 161 Å². The lowest BCUT2D eigenvalue weighted by atomic mass is 10.0. The third-order valence-electron chi connectivity index (χ3n) is 4.38. The number of nitrogens with one attached hydrogen (secondary N) is 1. The molecule has 4 rings (SSSR count). The summed E-state index contributed by atoms with van der Waals surface area (Å²) in [6.45, 7) is 0.115. The van der Waals surface area contributed by atoms with E-state index >= 15 is 0 Å². The fourth-order valence-corrected chi connectivity index (χ4v) is 2.93. The molecule has 0 saturated heterocycles. The monoisotopic (exact) mass is 401 g/mol. The van der Waals surface area contributed by atoms with Gasteiger partial charge in [-0.3, -0.25) is 9.55 Å². The van der Waals surface area contributed by atoms with Crippen LogP contribution in [0.25, 0.3) is 22.3 Å². The lowest BCUT2D eigenvalue weighted by Crippen LogP contribution is -2.18. The van der Waals surface area contributed by atoms with Crippen LogP contribution in [0.5, 0.6) is 5.88 Å². The van der Waals surface area contributed by atoms with Crippen LogP contribution in [0.1, 0.15) is 11.3 Å². The van der Waals surface area contributed by atoms with E-state index in [-0.39, 0.29) is 6.54 Å². The Bertz CT molecular complexity index is 1230. The van der Waals surface area contributed by atoms with Crippen molar-refractivity contribution in [2.24, 2.45) is 0 Å². The number of benzene rings is 1. The van der Waals surface area contributed by atoms with Gasteiger partial charge in [0, 0.05) is 17.8 Å². The summed E-state index contributed by atoms with van der Waals surface area (Å²) in [6, 6.07) is 9.85. The second-order valence-electron chi connectivity index (χ2n) is 6.25. The minimum absolute atomic E-state index is 0.115. The Kier molecular flexibility index (Phi) is 4.53. The highest BCUT2D eigenvalue weighted by molar-refractivity contribution is 5.78. The van der Waals surface area contributed by atoms with E-state index in [0.717, 1.165) is 12.1 Å². The van der Waals surface area contributed by atoms with Crippen molar-refractivity contribution < 1.29 is 17.9 Å². The van der Waals surface area contributed by atoms with E-state index in [4.69, 9.17) is 4.74 Å². The highest BCUT2D eigenvalue weighted by Gasteiger charge is 2.30. The fraction of sp³-hybridized carbons (Fsp3) is 0.158. The van der Waals surface area contributed by atoms with Crippen molar-refractivity contribution >= 4 is 11.2 Å². The molecule has 0 spiro atoms. The first kappa shape index (κ1) is 18.7. The fourth-order valence-electron chi connectivity index (χ4n) is 2.93. The second-order valence-corrected chi connectivity index (χ2v) is 6.25. The molecular weight excluding hydrogens is 387 g/mol. The van der Waals surface area contributed by atoms with Gasteiger partial charge in [0.05, 0.1) is 30.4 Å². The van der Waals surface area contributed by atoms with Crippen LogP contribution < -0.4 is 10.4 Å². The highest BCUT2D eigenvalue weighted by atomic mass is 19.4. The molecule has 10 heteroatoms. The summed E-state index contributed by atoms with van der Waals surface area (Å²) in [6.07, 6.45) is -3.03. The third-order valence-corrected chi connectivity index (χ3v) is 4.38. The van der Waals surface area contributed by atoms with Gasteiger partial charge in [-0.05, 0) is 29.8 Å². The highest BCUT2D eigenvalue weighted by Crippen LogP contribution is 2.32. The molecule has 0 unspecified atom stereocenters. The number of H-pyrrole nitrogens is 1. The maximum absolute atomic E-state index is 13.0. The van der Waals surface area contributed by atoms with Gasteiger partial charge in [0.1, 0.15) is 0 Å². The summed E-state index contributed by atoms with van der Waals surface area (Å²) in [5, 5.41) is 7.86. The van der Waals surface area contributed by atoms with Crippen molar-refractivity contribution in [3.05, 3.63) is 70.4 Å². The number of pyridine rings is 1. The van der Waals surface area contributed by atoms with Gasteiger partial charge in [-0.1, -0.05) is 12.1 Å². The summed E-state index contributed by atoms with van der Waals surface area (Å²) in [4.78, 5) is 19.2. The maximum Gasteiger partial charge on any atom is 0.416 e. The van der Waals surface area contributed by atoms with Gasteiger partial charge in [-0.15, -0.1) is 10.2 Å². The van der Waals surface area contributed by atoms with Gasteiger partial charge in [-0.2, -0.15) is 13.2 Å². The molecule has 29 heavy (non-hydrogen) atoms. The largest absolute Gasteiger partial charge is 0.480 e. The molecule has 0 amide bonds. The van der Waals surface area contributed by atoms with Crippen molar-refractivity contribution in [1.82, 2.24) is 24.7 Å². The lowest BCUT2D eigenvalue weighted by Gasteiger charge is -2.09. The first-order valence-electron chi connectivity index (χ1n) is 8.48. The van der Waals surface area contributed by atoms with E-state index < -0.39 is 17.4 Å². The van der Waals surface area contributed by atoms with Crippen LogP contribution in [0.4, 0.5) is 13.2 Å². The molecule has 3 aromatic heterocycles. The van der Waals surface area contributed by atoms with Crippen molar-refractivity contribution in [3.8, 4) is 17.0 Å². The van der Waals surface area contributed by atoms with Crippen LogP contribution in [-0.2, 0) is 12.7 Å². The Morgan fingerprint density at radius 3 is 2.62 bits per heavy atom. The van der Waals surface area contributed by atoms with Crippen molar-refractivity contribution in [3.63, 3.8) is 0 Å². The van der Waals surface area contributed by atoms with Gasteiger partial charge < -0.3 is 4.74 Å². The predicted molar refractivity (Wildman–Crippen MR) is 98.5 cm³/mol. The van der Waals surface area contributed by atoms with E-state index in [9.17, 15) is 18.0 Å². The summed E-state index contributed by atoms with van der Waals surface area (Å²) in [5.41, 5.74) is 0.921. The van der Waals surface area contributed by atoms with Crippen LogP contribution in [0.15, 0.2) is 53.5 Å². The van der Waals surface area contributed by atoms with Crippen molar-refractivity contribution in [2.45, 2.75) is 12.7 Å². The number of imidazole rings is 1. The second kappa shape index (κ2) is 7.04. The average Bonchev–Trinajstić information content (AvgIpc) is 3.02. The van der Waals surface area contributed by atoms with Gasteiger partial charge in [0.25, 0.3) is 0 Å². The van der Waals surface area contributed by atoms with Crippen LogP contribution in [-0.4, -0.2) is 31.8 Å². The quantitative estimate of drug-likeness (QED) is 0.567. The number of methoxy groups -OCH3 is 1. The number of hydrogen-bond acceptors (Lipinski definition) is 5. The lowest BCUT2D eigenvalue weighted by molar-refractivity contribution is -0.137. The van der Waals surface area contributed by atoms with Gasteiger partial charge in [0.15, 0.2) is 5.65 Å². The Morgan fingerprint density at radius 1 is 1.10 bits per heavy atom. The zero-order chi connectivity index (χ0) is 20.6. The molecule has 0 aliphatic heterocycles. The normalized spacial score (nSPS) is 11.7. The molecule has 1 aromatic carbocycles. The molecule has 1 N–H and O–H groups in total. The average molecular weight is 401 g/mol. The number of halogens is 3. The third kappa shape index (κ3) is 3.68. The standard InChI is InChI=1S/C19H14F3N5O2/c1-29-16-6-5-14(25-26-16)10-27-15-8-12(9-23-17(15)24-18(27)28)11-3-2-4-13(7-11)19(20,21)22/h2-9H,10H2,1H3,(H,23,24,28). The smallest absolute Gasteiger partial charge is 0.416 e. The topological polar surface area (TPSA) is 85.7 Å². The number of alkyl halides is 3. The molecule has 3 heterocycles. The first-order chi connectivity index (χ1) is 13.8. The molecule has 4 aromatic rings. The molecule has 0 radical (unpaired) electrons. The zero-order valence-corrected chi connectivity index (χ0v) is 15.1. The van der Waals surface area contributed by atoms with Gasteiger partial charge >= 0.3 is 11.9 Å². The molecule has 7 nitrogen and oxygen atoms in total. The van der Waals surface area contributed by atoms with Crippen molar-refractivity contribution in [1.29, 1.82) is 0 Å². The molecular formula is C19H14F3N5O2. The van der Waals surface area contributed by atoms with E-state index in [1.165, 1.54) is 23.9 Å². The summed E-state index contributed by atoms with van der Waals surface area (Å²) in [7, 11) is 1.47. The van der Waals surface area contributed by atoms with Crippen LogP contribution >= 0.6 is 0 Å². The SMILES string of the molecule is COc1ccc(Cn2c(=O)[nH]c3ncc(-c4cccc(C(F)(F)F)c4)cc32)nn1. The predicted octanol–water partition coefficient (Wildman–Crippen LogP) is 3.26. The molecule has 0 atom stereocenters. The van der Waals surface area contributed by atoms with Gasteiger partial charge in [0.2, 0.25) is 5.88 Å².